The van der Waals surface area contributed by atoms with Crippen molar-refractivity contribution in [2.45, 2.75) is 62.9 Å². The summed E-state index contributed by atoms with van der Waals surface area (Å²) in [5.41, 5.74) is -3.90. The zero-order chi connectivity index (χ0) is 24.2. The van der Waals surface area contributed by atoms with Crippen molar-refractivity contribution in [3.63, 3.8) is 0 Å². The quantitative estimate of drug-likeness (QED) is 0.676. The van der Waals surface area contributed by atoms with Gasteiger partial charge in [0.25, 0.3) is 5.56 Å². The number of sulfonamides is 1. The SMILES string of the molecule is C[C@@]1(O)CCC[C@H]1n1c(=O)c(C(F)(F)F)cc2cnc(NC3CCN(S(C)(=O)=O)CC3)nc21. The molecule has 0 amide bonds. The number of pyridine rings is 1. The van der Waals surface area contributed by atoms with E-state index in [0.29, 0.717) is 45.2 Å². The second-order valence-electron chi connectivity index (χ2n) is 9.05. The van der Waals surface area contributed by atoms with Gasteiger partial charge in [-0.15, -0.1) is 0 Å². The van der Waals surface area contributed by atoms with Gasteiger partial charge in [-0.25, -0.2) is 17.7 Å². The first-order valence-corrected chi connectivity index (χ1v) is 12.6. The molecule has 1 saturated carbocycles. The highest BCUT2D eigenvalue weighted by atomic mass is 32.2. The van der Waals surface area contributed by atoms with Gasteiger partial charge in [-0.1, -0.05) is 0 Å². The molecule has 1 aliphatic carbocycles. The second kappa shape index (κ2) is 8.20. The molecule has 33 heavy (non-hydrogen) atoms. The molecule has 2 atom stereocenters. The molecule has 9 nitrogen and oxygen atoms in total. The van der Waals surface area contributed by atoms with Crippen LogP contribution >= 0.6 is 0 Å². The molecule has 1 saturated heterocycles. The lowest BCUT2D eigenvalue weighted by Crippen LogP contribution is -2.42. The first-order valence-electron chi connectivity index (χ1n) is 10.7. The molecule has 0 unspecified atom stereocenters. The minimum atomic E-state index is -4.86. The van der Waals surface area contributed by atoms with Crippen LogP contribution in [0.2, 0.25) is 0 Å². The molecule has 4 rings (SSSR count). The summed E-state index contributed by atoms with van der Waals surface area (Å²) in [4.78, 5) is 21.4. The van der Waals surface area contributed by atoms with E-state index in [4.69, 9.17) is 0 Å². The number of hydrogen-bond donors (Lipinski definition) is 2. The molecule has 2 fully saturated rings. The van der Waals surface area contributed by atoms with E-state index in [1.807, 2.05) is 0 Å². The maximum absolute atomic E-state index is 13.6. The number of rotatable bonds is 4. The molecule has 2 aliphatic rings. The molecule has 1 aliphatic heterocycles. The van der Waals surface area contributed by atoms with Crippen molar-refractivity contribution in [2.75, 3.05) is 24.7 Å². The zero-order valence-corrected chi connectivity index (χ0v) is 19.1. The molecular formula is C20H26F3N5O4S. The number of piperidine rings is 1. The van der Waals surface area contributed by atoms with Crippen molar-refractivity contribution < 1.29 is 26.7 Å². The topological polar surface area (TPSA) is 117 Å². The normalized spacial score (nSPS) is 25.6. The van der Waals surface area contributed by atoms with Crippen LogP contribution in [0.15, 0.2) is 17.1 Å². The van der Waals surface area contributed by atoms with Crippen LogP contribution in [0.3, 0.4) is 0 Å². The molecule has 0 spiro atoms. The number of nitrogens with zero attached hydrogens (tertiary/aromatic N) is 4. The summed E-state index contributed by atoms with van der Waals surface area (Å²) in [5, 5.41) is 13.9. The van der Waals surface area contributed by atoms with Crippen LogP contribution in [0.1, 0.15) is 50.6 Å². The van der Waals surface area contributed by atoms with Gasteiger partial charge in [0.1, 0.15) is 11.2 Å². The lowest BCUT2D eigenvalue weighted by atomic mass is 9.99. The van der Waals surface area contributed by atoms with Crippen LogP contribution in [0.5, 0.6) is 0 Å². The van der Waals surface area contributed by atoms with Gasteiger partial charge >= 0.3 is 6.18 Å². The fourth-order valence-corrected chi connectivity index (χ4v) is 5.61. The first kappa shape index (κ1) is 23.9. The Morgan fingerprint density at radius 1 is 1.24 bits per heavy atom. The van der Waals surface area contributed by atoms with Crippen LogP contribution in [-0.4, -0.2) is 63.4 Å². The second-order valence-corrected chi connectivity index (χ2v) is 11.0. The first-order chi connectivity index (χ1) is 15.3. The Hall–Kier alpha value is -2.25. The van der Waals surface area contributed by atoms with E-state index in [9.17, 15) is 31.5 Å². The highest BCUT2D eigenvalue weighted by Crippen LogP contribution is 2.40. The molecule has 2 aromatic rings. The maximum Gasteiger partial charge on any atom is 0.421 e. The van der Waals surface area contributed by atoms with Gasteiger partial charge in [-0.3, -0.25) is 9.36 Å². The van der Waals surface area contributed by atoms with E-state index in [0.717, 1.165) is 16.9 Å². The van der Waals surface area contributed by atoms with Gasteiger partial charge in [0.15, 0.2) is 0 Å². The fourth-order valence-electron chi connectivity index (χ4n) is 4.73. The van der Waals surface area contributed by atoms with Gasteiger partial charge in [-0.2, -0.15) is 18.2 Å². The van der Waals surface area contributed by atoms with Crippen molar-refractivity contribution in [3.05, 3.63) is 28.2 Å². The minimum absolute atomic E-state index is 0.0197. The lowest BCUT2D eigenvalue weighted by Gasteiger charge is -2.31. The number of aromatic nitrogens is 3. The molecular weight excluding hydrogens is 463 g/mol. The van der Waals surface area contributed by atoms with Crippen molar-refractivity contribution in [3.8, 4) is 0 Å². The van der Waals surface area contributed by atoms with E-state index in [2.05, 4.69) is 15.3 Å². The van der Waals surface area contributed by atoms with Gasteiger partial charge < -0.3 is 10.4 Å². The third-order valence-electron chi connectivity index (χ3n) is 6.52. The summed E-state index contributed by atoms with van der Waals surface area (Å²) in [5.74, 6) is 0.130. The highest BCUT2D eigenvalue weighted by Gasteiger charge is 2.42. The van der Waals surface area contributed by atoms with E-state index >= 15 is 0 Å². The van der Waals surface area contributed by atoms with Crippen LogP contribution in [0.25, 0.3) is 11.0 Å². The van der Waals surface area contributed by atoms with E-state index in [1.54, 1.807) is 0 Å². The molecule has 2 N–H and O–H groups in total. The summed E-state index contributed by atoms with van der Waals surface area (Å²) in [6.07, 6.45) is -0.197. The van der Waals surface area contributed by atoms with Gasteiger partial charge in [0.2, 0.25) is 16.0 Å². The number of aliphatic hydroxyl groups is 1. The van der Waals surface area contributed by atoms with Gasteiger partial charge in [0, 0.05) is 30.7 Å². The average molecular weight is 490 g/mol. The Morgan fingerprint density at radius 2 is 1.91 bits per heavy atom. The van der Waals surface area contributed by atoms with Crippen LogP contribution in [0.4, 0.5) is 19.1 Å². The Labute approximate surface area is 188 Å². The predicted octanol–water partition coefficient (Wildman–Crippen LogP) is 2.12. The Morgan fingerprint density at radius 3 is 2.45 bits per heavy atom. The van der Waals surface area contributed by atoms with Crippen molar-refractivity contribution in [1.82, 2.24) is 18.8 Å². The summed E-state index contributed by atoms with van der Waals surface area (Å²) < 4.78 is 66.4. The molecule has 182 valence electrons. The number of fused-ring (bicyclic) bond motifs is 1. The number of hydrogen-bond acceptors (Lipinski definition) is 7. The highest BCUT2D eigenvalue weighted by molar-refractivity contribution is 7.88. The molecule has 13 heteroatoms. The van der Waals surface area contributed by atoms with Crippen molar-refractivity contribution >= 4 is 27.0 Å². The summed E-state index contributed by atoms with van der Waals surface area (Å²) >= 11 is 0. The number of alkyl halides is 3. The Bertz CT molecular complexity index is 1220. The summed E-state index contributed by atoms with van der Waals surface area (Å²) in [6, 6.07) is -0.244. The molecule has 0 radical (unpaired) electrons. The third kappa shape index (κ3) is 4.71. The number of halogens is 3. The average Bonchev–Trinajstić information content (AvgIpc) is 3.05. The van der Waals surface area contributed by atoms with E-state index in [1.165, 1.54) is 17.4 Å². The fraction of sp³-hybridized carbons (Fsp3) is 0.650. The molecule has 0 aromatic carbocycles. The standard InChI is InChI=1S/C20H26F3N5O4S/c1-19(30)7-3-4-15(19)28-16-12(10-14(17(28)29)20(21,22)23)11-24-18(26-16)25-13-5-8-27(9-6-13)33(2,31)32/h10-11,13,15,30H,3-9H2,1-2H3,(H,24,25,26)/t15-,19-/m1/s1. The molecule has 3 heterocycles. The minimum Gasteiger partial charge on any atom is -0.388 e. The molecule has 2 aromatic heterocycles. The van der Waals surface area contributed by atoms with Crippen molar-refractivity contribution in [2.24, 2.45) is 0 Å². The van der Waals surface area contributed by atoms with Crippen LogP contribution in [0, 0.1) is 0 Å². The molecule has 0 bridgehead atoms. The Balaban J connectivity index is 1.73. The monoisotopic (exact) mass is 489 g/mol. The van der Waals surface area contributed by atoms with Crippen molar-refractivity contribution in [1.29, 1.82) is 0 Å². The summed E-state index contributed by atoms with van der Waals surface area (Å²) in [6.45, 7) is 2.17. The van der Waals surface area contributed by atoms with Gasteiger partial charge in [-0.05, 0) is 45.1 Å². The predicted molar refractivity (Wildman–Crippen MR) is 115 cm³/mol. The number of nitrogens with one attached hydrogen (secondary N) is 1. The largest absolute Gasteiger partial charge is 0.421 e. The smallest absolute Gasteiger partial charge is 0.388 e. The van der Waals surface area contributed by atoms with Crippen LogP contribution < -0.4 is 10.9 Å². The van der Waals surface area contributed by atoms with Gasteiger partial charge in [0.05, 0.1) is 17.9 Å². The zero-order valence-electron chi connectivity index (χ0n) is 18.3. The Kier molecular flexibility index (Phi) is 5.94. The number of anilines is 1. The van der Waals surface area contributed by atoms with E-state index in [-0.39, 0.29) is 23.0 Å². The van der Waals surface area contributed by atoms with E-state index < -0.39 is 39.0 Å². The maximum atomic E-state index is 13.6. The third-order valence-corrected chi connectivity index (χ3v) is 7.83. The lowest BCUT2D eigenvalue weighted by molar-refractivity contribution is -0.139. The van der Waals surface area contributed by atoms with Crippen LogP contribution in [-0.2, 0) is 16.2 Å². The summed E-state index contributed by atoms with van der Waals surface area (Å²) in [7, 11) is -3.28.